The lowest BCUT2D eigenvalue weighted by atomic mass is 10.0. The SMILES string of the molecule is COc1cccc(CN2C(=O)N(c3cn[nH]c3)C(=O)C2(C)C)n1. The Labute approximate surface area is 133 Å². The van der Waals surface area contributed by atoms with Crippen molar-refractivity contribution in [3.8, 4) is 5.88 Å². The average molecular weight is 315 g/mol. The first-order valence-corrected chi connectivity index (χ1v) is 7.10. The topological polar surface area (TPSA) is 91.4 Å². The summed E-state index contributed by atoms with van der Waals surface area (Å²) in [5.74, 6) is 0.164. The van der Waals surface area contributed by atoms with Crippen LogP contribution in [0, 0.1) is 0 Å². The number of hydrogen-bond donors (Lipinski definition) is 1. The van der Waals surface area contributed by atoms with Crippen LogP contribution in [0.25, 0.3) is 0 Å². The van der Waals surface area contributed by atoms with Crippen molar-refractivity contribution in [2.75, 3.05) is 12.0 Å². The molecule has 0 aliphatic carbocycles. The van der Waals surface area contributed by atoms with E-state index >= 15 is 0 Å². The summed E-state index contributed by atoms with van der Waals surface area (Å²) in [4.78, 5) is 32.3. The van der Waals surface area contributed by atoms with Crippen LogP contribution in [0.3, 0.4) is 0 Å². The number of carbonyl (C=O) groups excluding carboxylic acids is 2. The molecular weight excluding hydrogens is 298 g/mol. The van der Waals surface area contributed by atoms with Gasteiger partial charge in [-0.3, -0.25) is 9.89 Å². The molecule has 0 aromatic carbocycles. The van der Waals surface area contributed by atoms with Crippen molar-refractivity contribution in [2.24, 2.45) is 0 Å². The van der Waals surface area contributed by atoms with Crippen molar-refractivity contribution in [1.82, 2.24) is 20.1 Å². The molecule has 0 bridgehead atoms. The third-order valence-electron chi connectivity index (χ3n) is 3.88. The number of pyridine rings is 1. The molecular formula is C15H17N5O3. The number of amides is 3. The summed E-state index contributed by atoms with van der Waals surface area (Å²) in [6.45, 7) is 3.64. The Morgan fingerprint density at radius 1 is 1.30 bits per heavy atom. The number of anilines is 1. The number of ether oxygens (including phenoxy) is 1. The first kappa shape index (κ1) is 15.0. The van der Waals surface area contributed by atoms with Crippen molar-refractivity contribution in [1.29, 1.82) is 0 Å². The van der Waals surface area contributed by atoms with Crippen LogP contribution in [0.2, 0.25) is 0 Å². The zero-order chi connectivity index (χ0) is 16.6. The first-order chi connectivity index (χ1) is 10.9. The molecule has 2 aromatic rings. The monoisotopic (exact) mass is 315 g/mol. The van der Waals surface area contributed by atoms with Gasteiger partial charge in [-0.15, -0.1) is 0 Å². The number of aromatic amines is 1. The molecule has 8 nitrogen and oxygen atoms in total. The fourth-order valence-corrected chi connectivity index (χ4v) is 2.52. The summed E-state index contributed by atoms with van der Waals surface area (Å²) in [7, 11) is 1.53. The Balaban J connectivity index is 1.92. The smallest absolute Gasteiger partial charge is 0.332 e. The summed E-state index contributed by atoms with van der Waals surface area (Å²) < 4.78 is 5.09. The van der Waals surface area contributed by atoms with Gasteiger partial charge in [0.15, 0.2) is 0 Å². The molecule has 0 saturated carbocycles. The Morgan fingerprint density at radius 2 is 2.09 bits per heavy atom. The average Bonchev–Trinajstić information content (AvgIpc) is 3.11. The number of nitrogens with one attached hydrogen (secondary N) is 1. The van der Waals surface area contributed by atoms with Crippen LogP contribution in [-0.4, -0.2) is 44.7 Å². The zero-order valence-electron chi connectivity index (χ0n) is 13.1. The number of H-pyrrole nitrogens is 1. The highest BCUT2D eigenvalue weighted by Crippen LogP contribution is 2.32. The molecule has 0 spiro atoms. The summed E-state index contributed by atoms with van der Waals surface area (Å²) in [6.07, 6.45) is 2.96. The number of imide groups is 1. The van der Waals surface area contributed by atoms with E-state index in [0.717, 1.165) is 4.90 Å². The molecule has 1 saturated heterocycles. The second-order valence-electron chi connectivity index (χ2n) is 5.70. The molecule has 3 rings (SSSR count). The van der Waals surface area contributed by atoms with Gasteiger partial charge in [-0.05, 0) is 19.9 Å². The molecule has 1 N–H and O–H groups in total. The molecule has 0 atom stereocenters. The van der Waals surface area contributed by atoms with Gasteiger partial charge in [-0.25, -0.2) is 14.7 Å². The van der Waals surface area contributed by atoms with E-state index in [1.807, 2.05) is 0 Å². The molecule has 3 heterocycles. The number of rotatable bonds is 4. The number of nitrogens with zero attached hydrogens (tertiary/aromatic N) is 4. The maximum absolute atomic E-state index is 12.7. The predicted octanol–water partition coefficient (Wildman–Crippen LogP) is 1.56. The summed E-state index contributed by atoms with van der Waals surface area (Å²) in [5, 5.41) is 6.41. The fourth-order valence-electron chi connectivity index (χ4n) is 2.52. The molecule has 120 valence electrons. The van der Waals surface area contributed by atoms with E-state index in [1.165, 1.54) is 24.4 Å². The highest BCUT2D eigenvalue weighted by molar-refractivity contribution is 6.22. The van der Waals surface area contributed by atoms with Crippen LogP contribution in [-0.2, 0) is 11.3 Å². The summed E-state index contributed by atoms with van der Waals surface area (Å²) in [5.41, 5.74) is 0.0980. The molecule has 8 heteroatoms. The van der Waals surface area contributed by atoms with Gasteiger partial charge in [-0.1, -0.05) is 6.07 Å². The van der Waals surface area contributed by atoms with E-state index in [9.17, 15) is 9.59 Å². The van der Waals surface area contributed by atoms with Gasteiger partial charge in [0.1, 0.15) is 5.54 Å². The maximum Gasteiger partial charge on any atom is 0.332 e. The van der Waals surface area contributed by atoms with Gasteiger partial charge < -0.3 is 9.64 Å². The van der Waals surface area contributed by atoms with Gasteiger partial charge in [0.2, 0.25) is 5.88 Å². The van der Waals surface area contributed by atoms with Crippen molar-refractivity contribution in [3.63, 3.8) is 0 Å². The number of aromatic nitrogens is 3. The van der Waals surface area contributed by atoms with Crippen molar-refractivity contribution in [3.05, 3.63) is 36.3 Å². The Hall–Kier alpha value is -2.90. The summed E-state index contributed by atoms with van der Waals surface area (Å²) in [6, 6.07) is 4.91. The van der Waals surface area contributed by atoms with E-state index in [2.05, 4.69) is 15.2 Å². The first-order valence-electron chi connectivity index (χ1n) is 7.10. The maximum atomic E-state index is 12.7. The zero-order valence-corrected chi connectivity index (χ0v) is 13.1. The molecule has 0 radical (unpaired) electrons. The van der Waals surface area contributed by atoms with Gasteiger partial charge in [0.25, 0.3) is 5.91 Å². The van der Waals surface area contributed by atoms with Crippen LogP contribution in [0.1, 0.15) is 19.5 Å². The number of urea groups is 1. The minimum atomic E-state index is -0.973. The van der Waals surface area contributed by atoms with E-state index in [4.69, 9.17) is 4.74 Å². The second-order valence-corrected chi connectivity index (χ2v) is 5.70. The Morgan fingerprint density at radius 3 is 2.74 bits per heavy atom. The van der Waals surface area contributed by atoms with Gasteiger partial charge in [0, 0.05) is 12.3 Å². The highest BCUT2D eigenvalue weighted by Gasteiger charge is 2.52. The Kier molecular flexibility index (Phi) is 3.51. The predicted molar refractivity (Wildman–Crippen MR) is 81.9 cm³/mol. The third kappa shape index (κ3) is 2.41. The molecule has 2 aromatic heterocycles. The van der Waals surface area contributed by atoms with Crippen LogP contribution in [0.5, 0.6) is 5.88 Å². The second kappa shape index (κ2) is 5.38. The third-order valence-corrected chi connectivity index (χ3v) is 3.88. The lowest BCUT2D eigenvalue weighted by Gasteiger charge is -2.27. The highest BCUT2D eigenvalue weighted by atomic mass is 16.5. The number of carbonyl (C=O) groups is 2. The van der Waals surface area contributed by atoms with Crippen LogP contribution in [0.15, 0.2) is 30.6 Å². The van der Waals surface area contributed by atoms with Gasteiger partial charge >= 0.3 is 6.03 Å². The summed E-state index contributed by atoms with van der Waals surface area (Å²) >= 11 is 0. The molecule has 3 amide bonds. The number of hydrogen-bond acceptors (Lipinski definition) is 5. The van der Waals surface area contributed by atoms with E-state index < -0.39 is 11.6 Å². The number of methoxy groups -OCH3 is 1. The van der Waals surface area contributed by atoms with Crippen molar-refractivity contribution in [2.45, 2.75) is 25.9 Å². The molecule has 0 unspecified atom stereocenters. The minimum absolute atomic E-state index is 0.211. The molecule has 1 aliphatic heterocycles. The van der Waals surface area contributed by atoms with E-state index in [1.54, 1.807) is 32.0 Å². The molecule has 23 heavy (non-hydrogen) atoms. The van der Waals surface area contributed by atoms with Crippen LogP contribution >= 0.6 is 0 Å². The van der Waals surface area contributed by atoms with E-state index in [0.29, 0.717) is 17.3 Å². The van der Waals surface area contributed by atoms with Gasteiger partial charge in [-0.2, -0.15) is 5.10 Å². The quantitative estimate of drug-likeness (QED) is 0.865. The van der Waals surface area contributed by atoms with Crippen molar-refractivity contribution < 1.29 is 14.3 Å². The van der Waals surface area contributed by atoms with Crippen LogP contribution in [0.4, 0.5) is 10.5 Å². The van der Waals surface area contributed by atoms with Crippen molar-refractivity contribution >= 4 is 17.6 Å². The fraction of sp³-hybridized carbons (Fsp3) is 0.333. The van der Waals surface area contributed by atoms with E-state index in [-0.39, 0.29) is 12.5 Å². The normalized spacial score (nSPS) is 17.0. The minimum Gasteiger partial charge on any atom is -0.481 e. The standard InChI is InChI=1S/C15H17N5O3/c1-15(2)13(21)20(11-7-16-17-8-11)14(22)19(15)9-10-5-4-6-12(18-10)23-3/h4-8H,9H2,1-3H3,(H,16,17). The lowest BCUT2D eigenvalue weighted by molar-refractivity contribution is -0.123. The Bertz CT molecular complexity index is 741. The van der Waals surface area contributed by atoms with Gasteiger partial charge in [0.05, 0.1) is 31.2 Å². The van der Waals surface area contributed by atoms with Crippen LogP contribution < -0.4 is 9.64 Å². The molecule has 1 fully saturated rings. The molecule has 1 aliphatic rings. The lowest BCUT2D eigenvalue weighted by Crippen LogP contribution is -2.43. The largest absolute Gasteiger partial charge is 0.481 e.